The zero-order chi connectivity index (χ0) is 17.3. The standard InChI is InChI=1S/C14H9F3N4O3/c1-7-6-10(21-24-7)11(22)18-13-20-19-12(23-13)8-2-4-9(5-3-8)14(15,16)17/h2-6H,1H3,(H,18,20,22). The number of nitrogens with zero attached hydrogens (tertiary/aromatic N) is 3. The summed E-state index contributed by atoms with van der Waals surface area (Å²) in [5.74, 6) is -0.194. The summed E-state index contributed by atoms with van der Waals surface area (Å²) in [6.45, 7) is 1.62. The fourth-order valence-corrected chi connectivity index (χ4v) is 1.83. The summed E-state index contributed by atoms with van der Waals surface area (Å²) in [5, 5.41) is 13.1. The van der Waals surface area contributed by atoms with Crippen LogP contribution in [0.25, 0.3) is 11.5 Å². The second-order valence-electron chi connectivity index (χ2n) is 4.76. The highest BCUT2D eigenvalue weighted by molar-refractivity contribution is 6.01. The molecule has 3 rings (SSSR count). The number of rotatable bonds is 3. The van der Waals surface area contributed by atoms with Crippen molar-refractivity contribution >= 4 is 11.9 Å². The van der Waals surface area contributed by atoms with E-state index in [4.69, 9.17) is 8.94 Å². The van der Waals surface area contributed by atoms with Crippen LogP contribution in [0.1, 0.15) is 21.8 Å². The molecule has 0 saturated carbocycles. The Labute approximate surface area is 132 Å². The van der Waals surface area contributed by atoms with E-state index in [9.17, 15) is 18.0 Å². The highest BCUT2D eigenvalue weighted by Gasteiger charge is 2.30. The lowest BCUT2D eigenvalue weighted by atomic mass is 10.1. The molecule has 124 valence electrons. The summed E-state index contributed by atoms with van der Waals surface area (Å²) in [7, 11) is 0. The fraction of sp³-hybridized carbons (Fsp3) is 0.143. The number of alkyl halides is 3. The number of aryl methyl sites for hydroxylation is 1. The van der Waals surface area contributed by atoms with E-state index in [0.29, 0.717) is 5.76 Å². The van der Waals surface area contributed by atoms with Gasteiger partial charge >= 0.3 is 12.2 Å². The predicted octanol–water partition coefficient (Wildman–Crippen LogP) is 3.30. The monoisotopic (exact) mass is 338 g/mol. The van der Waals surface area contributed by atoms with E-state index in [1.54, 1.807) is 6.92 Å². The molecule has 0 atom stereocenters. The van der Waals surface area contributed by atoms with Gasteiger partial charge in [0, 0.05) is 11.6 Å². The van der Waals surface area contributed by atoms with Crippen LogP contribution < -0.4 is 5.32 Å². The molecule has 3 aromatic rings. The van der Waals surface area contributed by atoms with E-state index >= 15 is 0 Å². The van der Waals surface area contributed by atoms with Gasteiger partial charge < -0.3 is 8.94 Å². The highest BCUT2D eigenvalue weighted by atomic mass is 19.4. The van der Waals surface area contributed by atoms with Crippen molar-refractivity contribution in [3.63, 3.8) is 0 Å². The number of hydrogen-bond acceptors (Lipinski definition) is 6. The summed E-state index contributed by atoms with van der Waals surface area (Å²) in [6.07, 6.45) is -4.43. The molecule has 7 nitrogen and oxygen atoms in total. The van der Waals surface area contributed by atoms with Crippen molar-refractivity contribution < 1.29 is 26.9 Å². The number of carbonyl (C=O) groups excluding carboxylic acids is 1. The lowest BCUT2D eigenvalue weighted by molar-refractivity contribution is -0.137. The molecule has 1 amide bonds. The van der Waals surface area contributed by atoms with Crippen LogP contribution in [-0.2, 0) is 6.18 Å². The lowest BCUT2D eigenvalue weighted by Crippen LogP contribution is -2.12. The van der Waals surface area contributed by atoms with Gasteiger partial charge in [0.05, 0.1) is 5.56 Å². The van der Waals surface area contributed by atoms with E-state index in [2.05, 4.69) is 20.7 Å². The van der Waals surface area contributed by atoms with Crippen molar-refractivity contribution in [2.45, 2.75) is 13.1 Å². The predicted molar refractivity (Wildman–Crippen MR) is 73.9 cm³/mol. The number of aromatic nitrogens is 3. The third-order valence-corrected chi connectivity index (χ3v) is 2.97. The first-order valence-electron chi connectivity index (χ1n) is 6.59. The van der Waals surface area contributed by atoms with E-state index in [1.807, 2.05) is 0 Å². The maximum absolute atomic E-state index is 12.5. The quantitative estimate of drug-likeness (QED) is 0.787. The molecule has 2 aromatic heterocycles. The Hall–Kier alpha value is -3.17. The van der Waals surface area contributed by atoms with Gasteiger partial charge in [0.25, 0.3) is 5.91 Å². The van der Waals surface area contributed by atoms with Crippen molar-refractivity contribution in [2.24, 2.45) is 0 Å². The maximum atomic E-state index is 12.5. The van der Waals surface area contributed by atoms with Gasteiger partial charge in [-0.1, -0.05) is 10.3 Å². The van der Waals surface area contributed by atoms with Gasteiger partial charge in [-0.25, -0.2) is 0 Å². The van der Waals surface area contributed by atoms with E-state index in [1.165, 1.54) is 18.2 Å². The third-order valence-electron chi connectivity index (χ3n) is 2.97. The molecule has 24 heavy (non-hydrogen) atoms. The Bertz CT molecular complexity index is 868. The molecule has 1 aromatic carbocycles. The van der Waals surface area contributed by atoms with Crippen molar-refractivity contribution in [3.8, 4) is 11.5 Å². The Kier molecular flexibility index (Phi) is 3.80. The average Bonchev–Trinajstić information content (AvgIpc) is 3.16. The summed E-state index contributed by atoms with van der Waals surface area (Å²) in [6, 6.07) is 5.40. The van der Waals surface area contributed by atoms with E-state index < -0.39 is 17.6 Å². The Morgan fingerprint density at radius 1 is 1.17 bits per heavy atom. The molecule has 0 fully saturated rings. The molecule has 0 unspecified atom stereocenters. The molecule has 0 aliphatic carbocycles. The maximum Gasteiger partial charge on any atom is 0.416 e. The molecule has 0 saturated heterocycles. The first-order valence-corrected chi connectivity index (χ1v) is 6.59. The average molecular weight is 338 g/mol. The summed E-state index contributed by atoms with van der Waals surface area (Å²) < 4.78 is 47.5. The number of hydrogen-bond donors (Lipinski definition) is 1. The SMILES string of the molecule is Cc1cc(C(=O)Nc2nnc(-c3ccc(C(F)(F)F)cc3)o2)no1. The second-order valence-corrected chi connectivity index (χ2v) is 4.76. The van der Waals surface area contributed by atoms with Gasteiger partial charge in [-0.15, -0.1) is 5.10 Å². The summed E-state index contributed by atoms with van der Waals surface area (Å²) in [4.78, 5) is 11.8. The Morgan fingerprint density at radius 2 is 1.88 bits per heavy atom. The zero-order valence-electron chi connectivity index (χ0n) is 12.1. The number of halogens is 3. The van der Waals surface area contributed by atoms with Crippen LogP contribution in [0.3, 0.4) is 0 Å². The van der Waals surface area contributed by atoms with Gasteiger partial charge in [-0.05, 0) is 31.2 Å². The minimum atomic E-state index is -4.43. The van der Waals surface area contributed by atoms with Crippen LogP contribution >= 0.6 is 0 Å². The third kappa shape index (κ3) is 3.26. The molecule has 0 bridgehead atoms. The molecule has 0 radical (unpaired) electrons. The molecular formula is C14H9F3N4O3. The Morgan fingerprint density at radius 3 is 2.46 bits per heavy atom. The van der Waals surface area contributed by atoms with Crippen LogP contribution in [0.2, 0.25) is 0 Å². The first kappa shape index (κ1) is 15.7. The van der Waals surface area contributed by atoms with Crippen LogP contribution in [0.5, 0.6) is 0 Å². The van der Waals surface area contributed by atoms with Crippen LogP contribution in [0, 0.1) is 6.92 Å². The van der Waals surface area contributed by atoms with Crippen LogP contribution in [-0.4, -0.2) is 21.3 Å². The van der Waals surface area contributed by atoms with Gasteiger partial charge in [0.1, 0.15) is 5.76 Å². The normalized spacial score (nSPS) is 11.5. The van der Waals surface area contributed by atoms with Crippen molar-refractivity contribution in [3.05, 3.63) is 47.3 Å². The summed E-state index contributed by atoms with van der Waals surface area (Å²) >= 11 is 0. The largest absolute Gasteiger partial charge is 0.416 e. The second kappa shape index (κ2) is 5.80. The van der Waals surface area contributed by atoms with Gasteiger partial charge in [-0.3, -0.25) is 10.1 Å². The molecule has 2 heterocycles. The van der Waals surface area contributed by atoms with Gasteiger partial charge in [0.15, 0.2) is 5.69 Å². The van der Waals surface area contributed by atoms with E-state index in [0.717, 1.165) is 12.1 Å². The number of benzene rings is 1. The molecule has 10 heteroatoms. The number of amides is 1. The van der Waals surface area contributed by atoms with Crippen molar-refractivity contribution in [2.75, 3.05) is 5.32 Å². The summed E-state index contributed by atoms with van der Waals surface area (Å²) in [5.41, 5.74) is -0.476. The van der Waals surface area contributed by atoms with Crippen LogP contribution in [0.4, 0.5) is 19.2 Å². The van der Waals surface area contributed by atoms with Gasteiger partial charge in [0.2, 0.25) is 5.89 Å². The number of carbonyl (C=O) groups is 1. The van der Waals surface area contributed by atoms with E-state index in [-0.39, 0.29) is 23.2 Å². The van der Waals surface area contributed by atoms with Crippen molar-refractivity contribution in [1.29, 1.82) is 0 Å². The smallest absolute Gasteiger partial charge is 0.403 e. The molecule has 0 aliphatic heterocycles. The molecule has 1 N–H and O–H groups in total. The first-order chi connectivity index (χ1) is 11.3. The lowest BCUT2D eigenvalue weighted by Gasteiger charge is -2.05. The minimum Gasteiger partial charge on any atom is -0.403 e. The molecular weight excluding hydrogens is 329 g/mol. The van der Waals surface area contributed by atoms with Gasteiger partial charge in [-0.2, -0.15) is 13.2 Å². The highest BCUT2D eigenvalue weighted by Crippen LogP contribution is 2.30. The van der Waals surface area contributed by atoms with Crippen molar-refractivity contribution in [1.82, 2.24) is 15.4 Å². The Balaban J connectivity index is 1.74. The molecule has 0 aliphatic rings. The number of anilines is 1. The topological polar surface area (TPSA) is 94.1 Å². The minimum absolute atomic E-state index is 0.0294. The molecule has 0 spiro atoms. The number of nitrogens with one attached hydrogen (secondary N) is 1. The zero-order valence-corrected chi connectivity index (χ0v) is 12.1. The van der Waals surface area contributed by atoms with Crippen LogP contribution in [0.15, 0.2) is 39.3 Å². The fourth-order valence-electron chi connectivity index (χ4n) is 1.83.